The number of benzene rings is 1. The van der Waals surface area contributed by atoms with E-state index in [-0.39, 0.29) is 11.8 Å². The van der Waals surface area contributed by atoms with E-state index >= 15 is 0 Å². The third kappa shape index (κ3) is 3.13. The summed E-state index contributed by atoms with van der Waals surface area (Å²) < 4.78 is 0. The Balaban J connectivity index is 1.70. The lowest BCUT2D eigenvalue weighted by Gasteiger charge is -2.16. The maximum Gasteiger partial charge on any atom is 0.269 e. The molecule has 7 heteroatoms. The highest BCUT2D eigenvalue weighted by Gasteiger charge is 2.24. The Morgan fingerprint density at radius 2 is 2.04 bits per heavy atom. The second kappa shape index (κ2) is 6.43. The maximum absolute atomic E-state index is 12.2. The highest BCUT2D eigenvalue weighted by atomic mass is 16.2. The summed E-state index contributed by atoms with van der Waals surface area (Å²) in [4.78, 5) is 33.7. The minimum absolute atomic E-state index is 0.101. The molecule has 0 spiro atoms. The summed E-state index contributed by atoms with van der Waals surface area (Å²) in [5.74, 6) is 0.145. The van der Waals surface area contributed by atoms with Gasteiger partial charge >= 0.3 is 0 Å². The quantitative estimate of drug-likeness (QED) is 0.836. The van der Waals surface area contributed by atoms with Crippen LogP contribution in [0.15, 0.2) is 36.7 Å². The number of anilines is 2. The lowest BCUT2D eigenvalue weighted by atomic mass is 10.1. The minimum Gasteiger partial charge on any atom is -0.312 e. The van der Waals surface area contributed by atoms with Gasteiger partial charge in [-0.25, -0.2) is 9.97 Å². The van der Waals surface area contributed by atoms with E-state index in [4.69, 9.17) is 0 Å². The molecule has 3 rings (SSSR count). The van der Waals surface area contributed by atoms with E-state index in [9.17, 15) is 9.59 Å². The van der Waals surface area contributed by atoms with Crippen molar-refractivity contribution in [1.82, 2.24) is 15.4 Å². The number of carbonyl (C=O) groups excluding carboxylic acids is 2. The second-order valence-electron chi connectivity index (χ2n) is 5.14. The molecular formula is C16H17N5O2. The summed E-state index contributed by atoms with van der Waals surface area (Å²) in [6.07, 6.45) is 4.40. The second-order valence-corrected chi connectivity index (χ2v) is 5.14. The van der Waals surface area contributed by atoms with Gasteiger partial charge in [-0.1, -0.05) is 6.92 Å². The molecule has 1 aromatic heterocycles. The molecule has 0 saturated carbocycles. The largest absolute Gasteiger partial charge is 0.312 e. The number of nitrogens with one attached hydrogen (secondary N) is 2. The predicted molar refractivity (Wildman–Crippen MR) is 85.9 cm³/mol. The van der Waals surface area contributed by atoms with Gasteiger partial charge in [0.2, 0.25) is 11.9 Å². The molecule has 1 aliphatic rings. The average molecular weight is 311 g/mol. The van der Waals surface area contributed by atoms with E-state index < -0.39 is 0 Å². The highest BCUT2D eigenvalue weighted by molar-refractivity contribution is 5.98. The molecule has 7 nitrogen and oxygen atoms in total. The lowest BCUT2D eigenvalue weighted by molar-refractivity contribution is -0.118. The van der Waals surface area contributed by atoms with Crippen molar-refractivity contribution >= 4 is 23.5 Å². The molecule has 2 heterocycles. The fourth-order valence-electron chi connectivity index (χ4n) is 2.54. The molecule has 0 atom stereocenters. The van der Waals surface area contributed by atoms with E-state index in [1.807, 2.05) is 19.1 Å². The van der Waals surface area contributed by atoms with Crippen molar-refractivity contribution in [3.05, 3.63) is 47.8 Å². The molecule has 2 aromatic rings. The summed E-state index contributed by atoms with van der Waals surface area (Å²) in [5.41, 5.74) is 7.65. The first-order chi connectivity index (χ1) is 11.2. The van der Waals surface area contributed by atoms with Gasteiger partial charge in [0.1, 0.15) is 0 Å². The minimum atomic E-state index is -0.277. The number of hydrogen-bond donors (Lipinski definition) is 2. The first-order valence-electron chi connectivity index (χ1n) is 7.45. The van der Waals surface area contributed by atoms with Crippen molar-refractivity contribution in [2.75, 3.05) is 16.9 Å². The van der Waals surface area contributed by atoms with E-state index in [0.717, 1.165) is 17.7 Å². The van der Waals surface area contributed by atoms with Gasteiger partial charge in [0.15, 0.2) is 0 Å². The summed E-state index contributed by atoms with van der Waals surface area (Å²) in [6, 6.07) is 7.05. The molecule has 1 aliphatic heterocycles. The molecule has 118 valence electrons. The fraction of sp³-hybridized carbons (Fsp3) is 0.250. The number of fused-ring (bicyclic) bond motifs is 1. The van der Waals surface area contributed by atoms with E-state index in [1.54, 1.807) is 29.4 Å². The summed E-state index contributed by atoms with van der Waals surface area (Å²) in [5, 5.41) is 0. The van der Waals surface area contributed by atoms with Crippen LogP contribution in [0.4, 0.5) is 11.6 Å². The third-order valence-electron chi connectivity index (χ3n) is 3.69. The first kappa shape index (κ1) is 15.0. The Hall–Kier alpha value is -2.96. The zero-order chi connectivity index (χ0) is 16.2. The van der Waals surface area contributed by atoms with Crippen LogP contribution in [0.3, 0.4) is 0 Å². The van der Waals surface area contributed by atoms with Crippen LogP contribution in [0.25, 0.3) is 0 Å². The summed E-state index contributed by atoms with van der Waals surface area (Å²) in [6.45, 7) is 2.52. The zero-order valence-corrected chi connectivity index (χ0v) is 12.7. The van der Waals surface area contributed by atoms with Crippen molar-refractivity contribution < 1.29 is 9.59 Å². The molecule has 0 unspecified atom stereocenters. The first-order valence-corrected chi connectivity index (χ1v) is 7.45. The average Bonchev–Trinajstić information content (AvgIpc) is 3.03. The van der Waals surface area contributed by atoms with E-state index in [1.165, 1.54) is 0 Å². The molecular weight excluding hydrogens is 294 g/mol. The van der Waals surface area contributed by atoms with Gasteiger partial charge < -0.3 is 4.90 Å². The molecule has 0 saturated heterocycles. The number of rotatable bonds is 4. The Morgan fingerprint density at radius 3 is 2.78 bits per heavy atom. The van der Waals surface area contributed by atoms with Gasteiger partial charge in [-0.05, 0) is 36.2 Å². The van der Waals surface area contributed by atoms with Crippen LogP contribution in [0.2, 0.25) is 0 Å². The summed E-state index contributed by atoms with van der Waals surface area (Å²) >= 11 is 0. The topological polar surface area (TPSA) is 87.2 Å². The maximum atomic E-state index is 12.2. The number of hydrogen-bond acceptors (Lipinski definition) is 5. The van der Waals surface area contributed by atoms with Crippen LogP contribution in [-0.2, 0) is 11.2 Å². The van der Waals surface area contributed by atoms with Crippen molar-refractivity contribution in [2.45, 2.75) is 19.8 Å². The number of amides is 2. The Bertz CT molecular complexity index is 733. The smallest absolute Gasteiger partial charge is 0.269 e. The van der Waals surface area contributed by atoms with Gasteiger partial charge in [0, 0.05) is 36.6 Å². The Labute approximate surface area is 133 Å². The van der Waals surface area contributed by atoms with Crippen molar-refractivity contribution in [3.8, 4) is 0 Å². The Kier molecular flexibility index (Phi) is 4.18. The monoisotopic (exact) mass is 311 g/mol. The van der Waals surface area contributed by atoms with Gasteiger partial charge in [-0.15, -0.1) is 0 Å². The molecule has 2 N–H and O–H groups in total. The van der Waals surface area contributed by atoms with Crippen LogP contribution in [-0.4, -0.2) is 28.3 Å². The molecule has 2 amide bonds. The fourth-order valence-corrected chi connectivity index (χ4v) is 2.54. The van der Waals surface area contributed by atoms with Crippen molar-refractivity contribution in [1.29, 1.82) is 0 Å². The van der Waals surface area contributed by atoms with E-state index in [2.05, 4.69) is 20.8 Å². The Morgan fingerprint density at radius 1 is 1.26 bits per heavy atom. The van der Waals surface area contributed by atoms with E-state index in [0.29, 0.717) is 24.5 Å². The van der Waals surface area contributed by atoms with Gasteiger partial charge in [-0.3, -0.25) is 20.4 Å². The number of aromatic nitrogens is 2. The number of hydrazine groups is 1. The summed E-state index contributed by atoms with van der Waals surface area (Å²) in [7, 11) is 0. The molecule has 23 heavy (non-hydrogen) atoms. The number of carbonyl (C=O) groups is 2. The van der Waals surface area contributed by atoms with Crippen LogP contribution in [0.1, 0.15) is 29.3 Å². The van der Waals surface area contributed by atoms with Gasteiger partial charge in [0.05, 0.1) is 0 Å². The number of nitrogens with zero attached hydrogens (tertiary/aromatic N) is 3. The van der Waals surface area contributed by atoms with Crippen LogP contribution in [0.5, 0.6) is 0 Å². The van der Waals surface area contributed by atoms with Crippen LogP contribution >= 0.6 is 0 Å². The standard InChI is InChI=1S/C16H17N5O2/c1-2-14(22)21-9-6-11-10-12(4-5-13(11)21)15(23)19-20-16-17-7-3-8-18-16/h3-5,7-8,10H,2,6,9H2,1H3,(H,19,23)(H,17,18,20). The molecule has 0 radical (unpaired) electrons. The zero-order valence-electron chi connectivity index (χ0n) is 12.7. The van der Waals surface area contributed by atoms with Crippen molar-refractivity contribution in [3.63, 3.8) is 0 Å². The molecule has 0 bridgehead atoms. The predicted octanol–water partition coefficient (Wildman–Crippen LogP) is 1.53. The lowest BCUT2D eigenvalue weighted by Crippen LogP contribution is -2.30. The molecule has 0 fully saturated rings. The van der Waals surface area contributed by atoms with Gasteiger partial charge in [-0.2, -0.15) is 0 Å². The normalized spacial score (nSPS) is 12.7. The van der Waals surface area contributed by atoms with Crippen molar-refractivity contribution in [2.24, 2.45) is 0 Å². The van der Waals surface area contributed by atoms with Crippen LogP contribution < -0.4 is 15.8 Å². The molecule has 1 aromatic carbocycles. The highest BCUT2D eigenvalue weighted by Crippen LogP contribution is 2.29. The SMILES string of the molecule is CCC(=O)N1CCc2cc(C(=O)NNc3ncccn3)ccc21. The van der Waals surface area contributed by atoms with Gasteiger partial charge in [0.25, 0.3) is 5.91 Å². The third-order valence-corrected chi connectivity index (χ3v) is 3.69. The molecule has 0 aliphatic carbocycles. The van der Waals surface area contributed by atoms with Crippen LogP contribution in [0, 0.1) is 0 Å².